The Hall–Kier alpha value is -2.85. The molecule has 2 aromatic rings. The first-order valence-corrected chi connectivity index (χ1v) is 8.47. The van der Waals surface area contributed by atoms with E-state index in [1.165, 1.54) is 5.56 Å². The number of carbonyl (C=O) groups is 1. The second kappa shape index (κ2) is 31.3. The number of carboxylic acid groups (broad SMARTS) is 1. The first-order chi connectivity index (χ1) is 15.0. The number of aromatic carboxylic acids is 1. The zero-order valence-electron chi connectivity index (χ0n) is 18.4. The third-order valence-electron chi connectivity index (χ3n) is 2.53. The monoisotopic (exact) mass is 434 g/mol. The Kier molecular flexibility index (Phi) is 38.5. The van der Waals surface area contributed by atoms with Crippen LogP contribution in [0.4, 0.5) is 0 Å². The number of hydrogen-bond acceptors (Lipinski definition) is 6. The number of carbonyl (C=O) groups excluding carboxylic acids is 4. The Labute approximate surface area is 204 Å². The maximum absolute atomic E-state index is 10.4. The molecule has 0 fully saturated rings. The van der Waals surface area contributed by atoms with E-state index in [0.29, 0.717) is 5.56 Å². The third-order valence-corrected chi connectivity index (χ3v) is 2.53. The number of benzene rings is 2. The van der Waals surface area contributed by atoms with Crippen molar-refractivity contribution < 1.29 is 34.2 Å². The first kappa shape index (κ1) is 40.5. The van der Waals surface area contributed by atoms with E-state index in [2.05, 4.69) is 38.7 Å². The van der Waals surface area contributed by atoms with Crippen molar-refractivity contribution in [1.29, 1.82) is 0 Å². The molecule has 0 aliphatic rings. The van der Waals surface area contributed by atoms with E-state index in [9.17, 15) is 4.79 Å². The Morgan fingerprint density at radius 1 is 0.909 bits per heavy atom. The minimum absolute atomic E-state index is 0. The van der Waals surface area contributed by atoms with Gasteiger partial charge in [0.2, 0.25) is 0 Å². The minimum atomic E-state index is -0.872. The van der Waals surface area contributed by atoms with E-state index < -0.39 is 12.4 Å². The maximum atomic E-state index is 10.4. The van der Waals surface area contributed by atoms with E-state index in [1.807, 2.05) is 44.2 Å². The molecule has 156 valence electrons. The Morgan fingerprint density at radius 3 is 1.45 bits per heavy atom. The number of aryl methyl sites for hydroxylation is 2. The van der Waals surface area contributed by atoms with E-state index in [-0.39, 0.29) is 27.3 Å². The van der Waals surface area contributed by atoms with Gasteiger partial charge in [-0.05, 0) is 31.5 Å². The second-order valence-corrected chi connectivity index (χ2v) is 5.26. The van der Waals surface area contributed by atoms with Crippen LogP contribution in [0.2, 0.25) is 0 Å². The molecule has 0 aromatic heterocycles. The summed E-state index contributed by atoms with van der Waals surface area (Å²) in [6.07, 6.45) is -0.167. The summed E-state index contributed by atoms with van der Waals surface area (Å²) in [7, 11) is 24.0. The van der Waals surface area contributed by atoms with Gasteiger partial charge in [0, 0.05) is 60.5 Å². The van der Waals surface area contributed by atoms with Crippen LogP contribution in [0.1, 0.15) is 27.0 Å². The molecule has 33 heavy (non-hydrogen) atoms. The zero-order valence-corrected chi connectivity index (χ0v) is 18.4. The van der Waals surface area contributed by atoms with E-state index in [0.717, 1.165) is 18.2 Å². The lowest BCUT2D eigenvalue weighted by atomic mass is 9.08. The van der Waals surface area contributed by atoms with Crippen molar-refractivity contribution in [2.75, 3.05) is 0 Å². The van der Waals surface area contributed by atoms with Gasteiger partial charge in [-0.3, -0.25) is 0 Å². The number of rotatable bonds is 2. The number of carboxylic acids is 1. The van der Waals surface area contributed by atoms with Gasteiger partial charge in [-0.25, -0.2) is 4.79 Å². The molecule has 0 heterocycles. The van der Waals surface area contributed by atoms with Crippen molar-refractivity contribution in [3.8, 4) is 0 Å². The van der Waals surface area contributed by atoms with Crippen LogP contribution in [0.15, 0.2) is 48.5 Å². The third kappa shape index (κ3) is 40.1. The highest BCUT2D eigenvalue weighted by molar-refractivity contribution is 7.49. The lowest BCUT2D eigenvalue weighted by molar-refractivity contribution is -0.193. The molecule has 0 bridgehead atoms. The smallest absolute Gasteiger partial charge is 0.373 e. The molecule has 15 heteroatoms. The van der Waals surface area contributed by atoms with Crippen LogP contribution in [-0.2, 0) is 25.8 Å². The number of hydrogen-bond donors (Lipinski definition) is 2. The zero-order chi connectivity index (χ0) is 25.9. The van der Waals surface area contributed by atoms with Crippen molar-refractivity contribution in [1.82, 2.24) is 0 Å². The SMILES string of the molecule is Cc1cccc(C(=O)O)c1.Cc1cccc(CO)c1.O=C=O.O=C=O.[B].[B]B([B])[B].[B][B][B]. The van der Waals surface area contributed by atoms with Gasteiger partial charge in [-0.2, -0.15) is 19.2 Å². The maximum Gasteiger partial charge on any atom is 0.373 e. The summed E-state index contributed by atoms with van der Waals surface area (Å²) in [4.78, 5) is 42.9. The van der Waals surface area contributed by atoms with Crippen molar-refractivity contribution in [3.05, 3.63) is 70.8 Å². The fourth-order valence-electron chi connectivity index (χ4n) is 1.59. The van der Waals surface area contributed by atoms with Gasteiger partial charge >= 0.3 is 18.3 Å². The summed E-state index contributed by atoms with van der Waals surface area (Å²) in [5, 5.41) is 17.2. The van der Waals surface area contributed by atoms with Crippen molar-refractivity contribution in [2.45, 2.75) is 20.5 Å². The highest BCUT2D eigenvalue weighted by Gasteiger charge is 1.99. The topological polar surface area (TPSA) is 126 Å². The average Bonchev–Trinajstić information content (AvgIpc) is 2.70. The van der Waals surface area contributed by atoms with E-state index >= 15 is 0 Å². The minimum Gasteiger partial charge on any atom is -0.478 e. The molecule has 2 rings (SSSR count). The van der Waals surface area contributed by atoms with Crippen LogP contribution in [0.25, 0.3) is 0 Å². The van der Waals surface area contributed by atoms with Gasteiger partial charge < -0.3 is 10.2 Å². The molecular formula is C18H18B8O7. The van der Waals surface area contributed by atoms with Crippen LogP contribution >= 0.6 is 0 Å². The fourth-order valence-corrected chi connectivity index (χ4v) is 1.59. The van der Waals surface area contributed by atoms with Crippen LogP contribution in [-0.4, -0.2) is 89.0 Å². The summed E-state index contributed by atoms with van der Waals surface area (Å²) in [6.45, 7) is 4.02. The molecule has 2 aromatic carbocycles. The molecular weight excluding hydrogens is 415 g/mol. The van der Waals surface area contributed by atoms with Crippen molar-refractivity contribution in [3.63, 3.8) is 0 Å². The van der Waals surface area contributed by atoms with Gasteiger partial charge in [-0.15, -0.1) is 0 Å². The molecule has 0 amide bonds. The number of aliphatic hydroxyl groups excluding tert-OH is 1. The fraction of sp³-hybridized carbons (Fsp3) is 0.167. The summed E-state index contributed by atoms with van der Waals surface area (Å²) in [5.74, 6) is -0.872. The van der Waals surface area contributed by atoms with Gasteiger partial charge in [-0.1, -0.05) is 47.5 Å². The first-order valence-electron chi connectivity index (χ1n) is 8.47. The van der Waals surface area contributed by atoms with Crippen molar-refractivity contribution in [2.24, 2.45) is 0 Å². The van der Waals surface area contributed by atoms with Crippen molar-refractivity contribution >= 4 is 78.8 Å². The van der Waals surface area contributed by atoms with Gasteiger partial charge in [0.25, 0.3) is 0 Å². The largest absolute Gasteiger partial charge is 0.478 e. The Balaban J connectivity index is -0.000000104. The molecule has 0 spiro atoms. The Bertz CT molecular complexity index is 780. The lowest BCUT2D eigenvalue weighted by Gasteiger charge is -1.94. The van der Waals surface area contributed by atoms with Crippen LogP contribution < -0.4 is 0 Å². The summed E-state index contributed by atoms with van der Waals surface area (Å²) in [6, 6.07) is 14.7. The molecule has 0 saturated carbocycles. The van der Waals surface area contributed by atoms with Crippen LogP contribution in [0.5, 0.6) is 0 Å². The van der Waals surface area contributed by atoms with Gasteiger partial charge in [0.05, 0.1) is 12.2 Å². The predicted molar refractivity (Wildman–Crippen MR) is 131 cm³/mol. The molecule has 0 unspecified atom stereocenters. The molecule has 0 saturated heterocycles. The molecule has 0 atom stereocenters. The normalized spacial score (nSPS) is 7.00. The summed E-state index contributed by atoms with van der Waals surface area (Å²) < 4.78 is 0. The second-order valence-electron chi connectivity index (χ2n) is 5.26. The van der Waals surface area contributed by atoms with Crippen LogP contribution in [0, 0.1) is 13.8 Å². The van der Waals surface area contributed by atoms with Gasteiger partial charge in [0.15, 0.2) is 0 Å². The lowest BCUT2D eigenvalue weighted by Crippen LogP contribution is -2.11. The summed E-state index contributed by atoms with van der Waals surface area (Å²) >= 11 is 0. The quantitative estimate of drug-likeness (QED) is 0.581. The van der Waals surface area contributed by atoms with Crippen LogP contribution in [0.3, 0.4) is 0 Å². The predicted octanol–water partition coefficient (Wildman–Crippen LogP) is -1.03. The molecule has 7 nitrogen and oxygen atoms in total. The molecule has 14 radical (unpaired) electrons. The van der Waals surface area contributed by atoms with E-state index in [1.54, 1.807) is 18.2 Å². The Morgan fingerprint density at radius 2 is 1.24 bits per heavy atom. The summed E-state index contributed by atoms with van der Waals surface area (Å²) in [5.41, 5.74) is 3.50. The number of aliphatic hydroxyl groups is 1. The highest BCUT2D eigenvalue weighted by atomic mass is 16.4. The average molecular weight is 433 g/mol. The molecule has 2 N–H and O–H groups in total. The standard InChI is InChI=1S/C8H8O2.C8H10O.2CO2.B4.B3.B/c1-6-3-2-4-7(5-6)8(9)10;1-7-3-2-4-8(5-7)6-9;2*2-1-3;1-4(2)3;1-3-2;/h2-5H,1H3,(H,9,10);2-5,9H,6H2,1H3;;;;;. The molecule has 0 aliphatic heterocycles. The molecule has 0 aliphatic carbocycles. The highest BCUT2D eigenvalue weighted by Crippen LogP contribution is 2.03. The van der Waals surface area contributed by atoms with Gasteiger partial charge in [0.1, 0.15) is 0 Å². The van der Waals surface area contributed by atoms with E-state index in [4.69, 9.17) is 29.4 Å².